The third-order valence-electron chi connectivity index (χ3n) is 17.9. The number of aliphatic hydroxyl groups is 1. The van der Waals surface area contributed by atoms with E-state index in [1.807, 2.05) is 26.1 Å². The van der Waals surface area contributed by atoms with Gasteiger partial charge >= 0.3 is 17.9 Å². The number of epoxide rings is 1. The third-order valence-corrected chi connectivity index (χ3v) is 17.9. The summed E-state index contributed by atoms with van der Waals surface area (Å²) in [6, 6.07) is 14.2. The number of benzene rings is 2. The van der Waals surface area contributed by atoms with E-state index in [2.05, 4.69) is 81.2 Å². The van der Waals surface area contributed by atoms with Crippen LogP contribution in [0.2, 0.25) is 0 Å². The molecule has 2 aliphatic carbocycles. The summed E-state index contributed by atoms with van der Waals surface area (Å²) >= 11 is 0. The lowest BCUT2D eigenvalue weighted by Gasteiger charge is -2.58. The highest BCUT2D eigenvalue weighted by atomic mass is 16.7. The number of H-pyrrole nitrogens is 1. The van der Waals surface area contributed by atoms with Gasteiger partial charge < -0.3 is 43.4 Å². The molecule has 356 valence electrons. The van der Waals surface area contributed by atoms with Crippen molar-refractivity contribution in [3.05, 3.63) is 89.3 Å². The number of nitrogens with zero attached hydrogens (tertiary/aromatic N) is 3. The van der Waals surface area contributed by atoms with E-state index in [9.17, 15) is 14.7 Å². The standard InChI is InChI=1S/C53H64N4O10/c1-9-48(61)27-32-28-50(46(59)64-7,43-36(18-22-56(29-32)30-48)37-24-34(14-17-40(37)54-43)33-12-15-35(62-5)16-13-33)39-25-38-41(26-42(39)63-6)55(4)53-51(38)20-23-57-21-11-19-49(10-2,44(51)57)45(66-31(3)58)52(53,67-53)47(60)65-8/h11-17,19,24-26,32,39,42,44-45,54,61H,9-10,18,20-23,27-30H2,1-8H3/t32-,39?,42?,44+,45-,48+,49-,50+,51-,52+,53+/m1/s1. The Morgan fingerprint density at radius 3 is 2.39 bits per heavy atom. The molecule has 7 heterocycles. The Labute approximate surface area is 392 Å². The molecule has 0 amide bonds. The highest BCUT2D eigenvalue weighted by molar-refractivity contribution is 5.94. The fraction of sp³-hybridized carbons (Fsp3) is 0.566. The number of aromatic amines is 1. The molecule has 2 aromatic carbocycles. The molecule has 2 bridgehead atoms. The molecule has 14 nitrogen and oxygen atoms in total. The lowest BCUT2D eigenvalue weighted by molar-refractivity contribution is -0.182. The summed E-state index contributed by atoms with van der Waals surface area (Å²) in [6.07, 6.45) is 10.4. The quantitative estimate of drug-likeness (QED) is 0.117. The zero-order chi connectivity index (χ0) is 47.1. The Morgan fingerprint density at radius 1 is 0.940 bits per heavy atom. The monoisotopic (exact) mass is 916 g/mol. The van der Waals surface area contributed by atoms with E-state index in [1.165, 1.54) is 21.1 Å². The molecule has 12 atom stereocenters. The lowest BCUT2D eigenvalue weighted by Crippen LogP contribution is -2.73. The minimum absolute atomic E-state index is 0.0850. The van der Waals surface area contributed by atoms with Gasteiger partial charge in [-0.15, -0.1) is 0 Å². The fourth-order valence-electron chi connectivity index (χ4n) is 15.3. The minimum atomic E-state index is -1.66. The normalized spacial score (nSPS) is 39.0. The fourth-order valence-corrected chi connectivity index (χ4v) is 15.3. The Morgan fingerprint density at radius 2 is 1.70 bits per heavy atom. The highest BCUT2D eigenvalue weighted by Crippen LogP contribution is 2.82. The maximum absolute atomic E-state index is 15.7. The van der Waals surface area contributed by atoms with Gasteiger partial charge in [-0.3, -0.25) is 19.4 Å². The average molecular weight is 917 g/mol. The number of methoxy groups -OCH3 is 4. The molecule has 0 radical (unpaired) electrons. The summed E-state index contributed by atoms with van der Waals surface area (Å²) < 4.78 is 37.4. The van der Waals surface area contributed by atoms with Gasteiger partial charge in [0, 0.05) is 86.9 Å². The van der Waals surface area contributed by atoms with Crippen LogP contribution in [0.15, 0.2) is 78.0 Å². The number of allylic oxidation sites excluding steroid dienone is 1. The van der Waals surface area contributed by atoms with Gasteiger partial charge in [-0.25, -0.2) is 4.79 Å². The van der Waals surface area contributed by atoms with Gasteiger partial charge in [0.25, 0.3) is 5.60 Å². The van der Waals surface area contributed by atoms with Gasteiger partial charge in [0.05, 0.1) is 38.4 Å². The van der Waals surface area contributed by atoms with E-state index in [4.69, 9.17) is 28.4 Å². The molecule has 14 heteroatoms. The molecule has 67 heavy (non-hydrogen) atoms. The number of esters is 3. The second-order valence-corrected chi connectivity index (χ2v) is 20.6. The zero-order valence-electron chi connectivity index (χ0n) is 40.0. The van der Waals surface area contributed by atoms with Crippen LogP contribution in [-0.2, 0) is 49.9 Å². The molecule has 4 saturated heterocycles. The molecular formula is C53H64N4O10. The van der Waals surface area contributed by atoms with Crippen molar-refractivity contribution in [1.82, 2.24) is 19.7 Å². The van der Waals surface area contributed by atoms with Gasteiger partial charge in [0.1, 0.15) is 11.2 Å². The van der Waals surface area contributed by atoms with Crippen LogP contribution in [0.5, 0.6) is 5.75 Å². The number of carbonyl (C=O) groups excluding carboxylic acids is 3. The lowest BCUT2D eigenvalue weighted by atomic mass is 9.48. The van der Waals surface area contributed by atoms with Crippen molar-refractivity contribution in [2.24, 2.45) is 22.7 Å². The second-order valence-electron chi connectivity index (χ2n) is 20.6. The van der Waals surface area contributed by atoms with Crippen molar-refractivity contribution in [1.29, 1.82) is 0 Å². The molecular weight excluding hydrogens is 853 g/mol. The Kier molecular flexibility index (Phi) is 10.1. The molecule has 5 fully saturated rings. The summed E-state index contributed by atoms with van der Waals surface area (Å²) in [6.45, 7) is 8.88. The van der Waals surface area contributed by atoms with Crippen molar-refractivity contribution < 1.29 is 47.9 Å². The van der Waals surface area contributed by atoms with Crippen molar-refractivity contribution in [2.45, 2.75) is 99.9 Å². The number of hydrogen-bond acceptors (Lipinski definition) is 13. The van der Waals surface area contributed by atoms with Crippen molar-refractivity contribution in [3.8, 4) is 16.9 Å². The largest absolute Gasteiger partial charge is 0.497 e. The van der Waals surface area contributed by atoms with Gasteiger partial charge in [-0.2, -0.15) is 0 Å². The SMILES string of the molecule is CC[C@]1(O)C[C@H]2CN(CCc3c([nH]c4ccc(-c5ccc(OC)cc5)cc34)[C@@](C(=O)OC)(C3C=C4C(=CC3OC)N(C)[C@@]35O[C@]3(C(=O)OC)[C@H](OC(C)=O)[C@]3(CC)C=CCN6CC[C@]45[C@@H]63)C2)C1. The van der Waals surface area contributed by atoms with Gasteiger partial charge in [-0.05, 0) is 104 Å². The molecule has 8 aliphatic rings. The Hall–Kier alpha value is -4.99. The number of ether oxygens (including phenoxy) is 6. The summed E-state index contributed by atoms with van der Waals surface area (Å²) in [4.78, 5) is 54.4. The average Bonchev–Trinajstić information content (AvgIpc) is 3.58. The number of nitrogens with one attached hydrogen (secondary N) is 1. The van der Waals surface area contributed by atoms with E-state index < -0.39 is 63.2 Å². The highest BCUT2D eigenvalue weighted by Gasteiger charge is 2.99. The molecule has 1 saturated carbocycles. The van der Waals surface area contributed by atoms with Crippen LogP contribution in [0.1, 0.15) is 64.1 Å². The van der Waals surface area contributed by atoms with Crippen molar-refractivity contribution in [2.75, 3.05) is 68.2 Å². The van der Waals surface area contributed by atoms with E-state index >= 15 is 4.79 Å². The van der Waals surface area contributed by atoms with E-state index in [0.717, 1.165) is 50.3 Å². The first-order chi connectivity index (χ1) is 32.2. The summed E-state index contributed by atoms with van der Waals surface area (Å²) in [5.74, 6) is -1.40. The first-order valence-electron chi connectivity index (χ1n) is 24.1. The minimum Gasteiger partial charge on any atom is -0.497 e. The topological polar surface area (TPSA) is 156 Å². The summed E-state index contributed by atoms with van der Waals surface area (Å²) in [7, 11) is 8.16. The number of carbonyl (C=O) groups is 3. The van der Waals surface area contributed by atoms with E-state index in [1.54, 1.807) is 14.2 Å². The Balaban J connectivity index is 1.17. The molecule has 3 unspecified atom stereocenters. The van der Waals surface area contributed by atoms with Crippen molar-refractivity contribution >= 4 is 28.8 Å². The molecule has 6 aliphatic heterocycles. The van der Waals surface area contributed by atoms with Crippen LogP contribution < -0.4 is 4.74 Å². The number of aromatic nitrogens is 1. The summed E-state index contributed by atoms with van der Waals surface area (Å²) in [5, 5.41) is 13.2. The number of likely N-dealkylation sites (N-methyl/N-ethyl adjacent to an activating group) is 1. The van der Waals surface area contributed by atoms with Crippen LogP contribution in [0.3, 0.4) is 0 Å². The smallest absolute Gasteiger partial charge is 0.347 e. The van der Waals surface area contributed by atoms with Gasteiger partial charge in [-0.1, -0.05) is 50.3 Å². The predicted molar refractivity (Wildman–Crippen MR) is 249 cm³/mol. The maximum atomic E-state index is 15.7. The molecule has 2 N–H and O–H groups in total. The van der Waals surface area contributed by atoms with Crippen LogP contribution in [-0.4, -0.2) is 146 Å². The number of rotatable bonds is 9. The molecule has 3 aromatic rings. The third kappa shape index (κ3) is 5.59. The summed E-state index contributed by atoms with van der Waals surface area (Å²) in [5.41, 5.74) is -0.230. The predicted octanol–water partition coefficient (Wildman–Crippen LogP) is 5.67. The Bertz CT molecular complexity index is 2660. The van der Waals surface area contributed by atoms with E-state index in [0.29, 0.717) is 71.2 Å². The number of likely N-dealkylation sites (tertiary alicyclic amines) is 1. The van der Waals surface area contributed by atoms with Crippen LogP contribution in [0, 0.1) is 22.7 Å². The second kappa shape index (κ2) is 15.3. The van der Waals surface area contributed by atoms with Crippen LogP contribution >= 0.6 is 0 Å². The number of hydrogen-bond donors (Lipinski definition) is 2. The number of fused-ring (bicyclic) bond motifs is 6. The van der Waals surface area contributed by atoms with E-state index in [-0.39, 0.29) is 17.9 Å². The number of piperidine rings is 1. The molecule has 2 spiro atoms. The van der Waals surface area contributed by atoms with Crippen LogP contribution in [0.4, 0.5) is 0 Å². The first-order valence-corrected chi connectivity index (χ1v) is 24.1. The van der Waals surface area contributed by atoms with Crippen LogP contribution in [0.25, 0.3) is 22.0 Å². The molecule has 1 aromatic heterocycles. The zero-order valence-corrected chi connectivity index (χ0v) is 40.0. The molecule has 11 rings (SSSR count). The first kappa shape index (κ1) is 44.5. The van der Waals surface area contributed by atoms with Gasteiger partial charge in [0.2, 0.25) is 0 Å². The maximum Gasteiger partial charge on any atom is 0.347 e. The van der Waals surface area contributed by atoms with Crippen molar-refractivity contribution in [3.63, 3.8) is 0 Å². The van der Waals surface area contributed by atoms with Gasteiger partial charge in [0.15, 0.2) is 11.8 Å².